The van der Waals surface area contributed by atoms with Gasteiger partial charge in [0.2, 0.25) is 11.0 Å². The molecule has 134 valence electrons. The van der Waals surface area contributed by atoms with Gasteiger partial charge >= 0.3 is 0 Å². The summed E-state index contributed by atoms with van der Waals surface area (Å²) >= 11 is 8.93. The van der Waals surface area contributed by atoms with Gasteiger partial charge in [0, 0.05) is 10.5 Å². The first-order chi connectivity index (χ1) is 12.6. The number of methoxy groups -OCH3 is 1. The van der Waals surface area contributed by atoms with Gasteiger partial charge < -0.3 is 4.74 Å². The first-order valence-electron chi connectivity index (χ1n) is 7.77. The minimum absolute atomic E-state index is 0.132. The van der Waals surface area contributed by atoms with E-state index in [2.05, 4.69) is 15.5 Å². The van der Waals surface area contributed by atoms with Gasteiger partial charge in [0.1, 0.15) is 5.75 Å². The number of aromatic nitrogens is 2. The van der Waals surface area contributed by atoms with E-state index in [0.717, 1.165) is 16.2 Å². The Kier molecular flexibility index (Phi) is 6.13. The number of thioether (sulfide) groups is 1. The second kappa shape index (κ2) is 8.53. The number of hydrogen-bond donors (Lipinski definition) is 1. The lowest BCUT2D eigenvalue weighted by atomic mass is 10.2. The fourth-order valence-electron chi connectivity index (χ4n) is 2.14. The van der Waals surface area contributed by atoms with Crippen LogP contribution in [0.15, 0.2) is 53.4 Å². The average Bonchev–Trinajstić information content (AvgIpc) is 3.11. The van der Waals surface area contributed by atoms with Crippen molar-refractivity contribution in [2.75, 3.05) is 12.4 Å². The number of hydrogen-bond acceptors (Lipinski definition) is 6. The number of anilines is 1. The summed E-state index contributed by atoms with van der Waals surface area (Å²) < 4.78 is 5.14. The Labute approximate surface area is 164 Å². The molecule has 1 unspecified atom stereocenters. The minimum Gasteiger partial charge on any atom is -0.497 e. The second-order valence-electron chi connectivity index (χ2n) is 5.32. The molecule has 3 aromatic rings. The number of carbonyl (C=O) groups is 1. The van der Waals surface area contributed by atoms with E-state index in [1.807, 2.05) is 49.4 Å². The third-order valence-corrected chi connectivity index (χ3v) is 5.81. The van der Waals surface area contributed by atoms with Crippen molar-refractivity contribution < 1.29 is 9.53 Å². The number of nitrogens with zero attached hydrogens (tertiary/aromatic N) is 2. The zero-order valence-electron chi connectivity index (χ0n) is 14.1. The third kappa shape index (κ3) is 4.55. The monoisotopic (exact) mass is 405 g/mol. The van der Waals surface area contributed by atoms with Gasteiger partial charge in [-0.2, -0.15) is 0 Å². The van der Waals surface area contributed by atoms with Crippen molar-refractivity contribution in [2.24, 2.45) is 0 Å². The molecule has 0 aliphatic carbocycles. The molecule has 1 amide bonds. The molecule has 1 heterocycles. The molecule has 26 heavy (non-hydrogen) atoms. The summed E-state index contributed by atoms with van der Waals surface area (Å²) in [6.45, 7) is 1.85. The number of nitrogens with one attached hydrogen (secondary N) is 1. The van der Waals surface area contributed by atoms with Gasteiger partial charge in [-0.25, -0.2) is 0 Å². The van der Waals surface area contributed by atoms with Crippen molar-refractivity contribution in [3.8, 4) is 16.3 Å². The topological polar surface area (TPSA) is 64.1 Å². The molecule has 2 aromatic carbocycles. The molecule has 0 bridgehead atoms. The van der Waals surface area contributed by atoms with Gasteiger partial charge in [-0.3, -0.25) is 10.1 Å². The van der Waals surface area contributed by atoms with Gasteiger partial charge in [-0.1, -0.05) is 41.1 Å². The highest BCUT2D eigenvalue weighted by Gasteiger charge is 2.17. The van der Waals surface area contributed by atoms with Crippen LogP contribution in [-0.2, 0) is 4.79 Å². The normalized spacial score (nSPS) is 11.8. The van der Waals surface area contributed by atoms with Crippen LogP contribution in [0.25, 0.3) is 10.6 Å². The zero-order valence-corrected chi connectivity index (χ0v) is 16.5. The fraction of sp³-hybridized carbons (Fsp3) is 0.167. The van der Waals surface area contributed by atoms with Crippen LogP contribution in [0.5, 0.6) is 5.75 Å². The number of benzene rings is 2. The molecule has 1 aromatic heterocycles. The van der Waals surface area contributed by atoms with Gasteiger partial charge in [-0.15, -0.1) is 22.0 Å². The van der Waals surface area contributed by atoms with E-state index in [4.69, 9.17) is 16.3 Å². The number of halogens is 1. The van der Waals surface area contributed by atoms with Crippen LogP contribution in [0.2, 0.25) is 5.02 Å². The Bertz CT molecular complexity index is 899. The predicted octanol–water partition coefficient (Wildman–Crippen LogP) is 4.99. The first-order valence-corrected chi connectivity index (χ1v) is 9.84. The highest BCUT2D eigenvalue weighted by molar-refractivity contribution is 8.00. The van der Waals surface area contributed by atoms with E-state index < -0.39 is 0 Å². The van der Waals surface area contributed by atoms with Crippen molar-refractivity contribution in [3.63, 3.8) is 0 Å². The lowest BCUT2D eigenvalue weighted by Gasteiger charge is -2.10. The second-order valence-corrected chi connectivity index (χ2v) is 8.12. The quantitative estimate of drug-likeness (QED) is 0.585. The standard InChI is InChI=1S/C18H16ClN3O2S2/c1-11(25-13-9-7-12(24-2)8-10-13)16(23)20-18-22-21-17(26-18)14-5-3-4-6-15(14)19/h3-11H,1-2H3,(H,20,22,23). The summed E-state index contributed by atoms with van der Waals surface area (Å²) in [5.74, 6) is 0.653. The van der Waals surface area contributed by atoms with Gasteiger partial charge in [0.15, 0.2) is 5.01 Å². The molecule has 0 fully saturated rings. The number of rotatable bonds is 6. The Morgan fingerprint density at radius 2 is 1.92 bits per heavy atom. The first kappa shape index (κ1) is 18.7. The molecule has 0 aliphatic rings. The minimum atomic E-state index is -0.281. The maximum absolute atomic E-state index is 12.4. The lowest BCUT2D eigenvalue weighted by Crippen LogP contribution is -2.22. The molecule has 0 saturated carbocycles. The Hall–Kier alpha value is -2.09. The largest absolute Gasteiger partial charge is 0.497 e. The number of ether oxygens (including phenoxy) is 1. The SMILES string of the molecule is COc1ccc(SC(C)C(=O)Nc2nnc(-c3ccccc3Cl)s2)cc1. The molecule has 0 spiro atoms. The summed E-state index contributed by atoms with van der Waals surface area (Å²) in [5.41, 5.74) is 0.799. The van der Waals surface area contributed by atoms with E-state index in [0.29, 0.717) is 15.2 Å². The van der Waals surface area contributed by atoms with Crippen molar-refractivity contribution in [1.82, 2.24) is 10.2 Å². The van der Waals surface area contributed by atoms with Gasteiger partial charge in [-0.05, 0) is 37.3 Å². The van der Waals surface area contributed by atoms with Crippen molar-refractivity contribution in [2.45, 2.75) is 17.1 Å². The van der Waals surface area contributed by atoms with Crippen LogP contribution >= 0.6 is 34.7 Å². The molecular weight excluding hydrogens is 390 g/mol. The van der Waals surface area contributed by atoms with Crippen LogP contribution in [0.3, 0.4) is 0 Å². The maximum atomic E-state index is 12.4. The smallest absolute Gasteiger partial charge is 0.239 e. The molecule has 8 heteroatoms. The van der Waals surface area contributed by atoms with E-state index in [1.54, 1.807) is 13.2 Å². The van der Waals surface area contributed by atoms with Crippen molar-refractivity contribution in [3.05, 3.63) is 53.6 Å². The Morgan fingerprint density at radius 3 is 2.62 bits per heavy atom. The van der Waals surface area contributed by atoms with Crippen LogP contribution in [0.4, 0.5) is 5.13 Å². The summed E-state index contributed by atoms with van der Waals surface area (Å²) in [4.78, 5) is 13.4. The van der Waals surface area contributed by atoms with Crippen LogP contribution in [-0.4, -0.2) is 28.5 Å². The lowest BCUT2D eigenvalue weighted by molar-refractivity contribution is -0.115. The molecule has 1 atom stereocenters. The van der Waals surface area contributed by atoms with Crippen LogP contribution in [0.1, 0.15) is 6.92 Å². The molecule has 5 nitrogen and oxygen atoms in total. The van der Waals surface area contributed by atoms with E-state index in [1.165, 1.54) is 23.1 Å². The Morgan fingerprint density at radius 1 is 1.19 bits per heavy atom. The summed E-state index contributed by atoms with van der Waals surface area (Å²) in [5, 5.41) is 12.4. The van der Waals surface area contributed by atoms with Crippen molar-refractivity contribution >= 4 is 45.7 Å². The number of amides is 1. The molecule has 3 rings (SSSR count). The molecular formula is C18H16ClN3O2S2. The highest BCUT2D eigenvalue weighted by Crippen LogP contribution is 2.32. The van der Waals surface area contributed by atoms with Gasteiger partial charge in [0.25, 0.3) is 0 Å². The van der Waals surface area contributed by atoms with Gasteiger partial charge in [0.05, 0.1) is 17.4 Å². The molecule has 0 saturated heterocycles. The molecule has 1 N–H and O–H groups in total. The van der Waals surface area contributed by atoms with E-state index in [-0.39, 0.29) is 11.2 Å². The van der Waals surface area contributed by atoms with Crippen molar-refractivity contribution in [1.29, 1.82) is 0 Å². The van der Waals surface area contributed by atoms with E-state index in [9.17, 15) is 4.79 Å². The third-order valence-electron chi connectivity index (χ3n) is 3.50. The average molecular weight is 406 g/mol. The van der Waals surface area contributed by atoms with Crippen LogP contribution in [0, 0.1) is 0 Å². The highest BCUT2D eigenvalue weighted by atomic mass is 35.5. The summed E-state index contributed by atoms with van der Waals surface area (Å²) in [6, 6.07) is 15.0. The summed E-state index contributed by atoms with van der Waals surface area (Å²) in [6.07, 6.45) is 0. The van der Waals surface area contributed by atoms with Crippen LogP contribution < -0.4 is 10.1 Å². The Balaban J connectivity index is 1.63. The fourth-order valence-corrected chi connectivity index (χ4v) is 4.07. The molecule has 0 aliphatic heterocycles. The molecule has 0 radical (unpaired) electrons. The predicted molar refractivity (Wildman–Crippen MR) is 107 cm³/mol. The number of carbonyl (C=O) groups excluding carboxylic acids is 1. The summed E-state index contributed by atoms with van der Waals surface area (Å²) in [7, 11) is 1.62. The zero-order chi connectivity index (χ0) is 18.5. The van der Waals surface area contributed by atoms with E-state index >= 15 is 0 Å². The maximum Gasteiger partial charge on any atom is 0.239 e.